The largest absolute Gasteiger partial charge is 0.253 e. The summed E-state index contributed by atoms with van der Waals surface area (Å²) < 4.78 is 0. The highest BCUT2D eigenvalue weighted by Crippen LogP contribution is 2.28. The van der Waals surface area contributed by atoms with E-state index in [0.29, 0.717) is 17.5 Å². The first-order valence-corrected chi connectivity index (χ1v) is 15.0. The first kappa shape index (κ1) is 30.0. The topological polar surface area (TPSA) is 51.6 Å². The van der Waals surface area contributed by atoms with Gasteiger partial charge in [-0.05, 0) is 60.4 Å². The molecule has 0 N–H and O–H groups in total. The van der Waals surface area contributed by atoms with Crippen molar-refractivity contribution < 1.29 is 0 Å². The van der Waals surface area contributed by atoms with Gasteiger partial charge in [0.05, 0.1) is 5.52 Å². The highest BCUT2D eigenvalue weighted by Gasteiger charge is 2.10. The number of nitrogens with zero attached hydrogens (tertiary/aromatic N) is 4. The molecule has 0 bridgehead atoms. The van der Waals surface area contributed by atoms with E-state index >= 15 is 0 Å². The zero-order chi connectivity index (χ0) is 30.7. The second kappa shape index (κ2) is 14.6. The van der Waals surface area contributed by atoms with Crippen LogP contribution in [0.4, 0.5) is 0 Å². The molecule has 7 rings (SSSR count). The molecular formula is C40H36N4. The van der Waals surface area contributed by atoms with Crippen molar-refractivity contribution in [2.75, 3.05) is 0 Å². The van der Waals surface area contributed by atoms with Crippen LogP contribution in [0.25, 0.3) is 55.9 Å². The Hall–Kier alpha value is -5.48. The molecule has 44 heavy (non-hydrogen) atoms. The van der Waals surface area contributed by atoms with Crippen LogP contribution >= 0.6 is 0 Å². The summed E-state index contributed by atoms with van der Waals surface area (Å²) in [5, 5.41) is 1.21. The summed E-state index contributed by atoms with van der Waals surface area (Å²) in [6.07, 6.45) is 0. The number of aryl methyl sites for hydroxylation is 2. The quantitative estimate of drug-likeness (QED) is 0.210. The summed E-state index contributed by atoms with van der Waals surface area (Å²) in [5.74, 6) is 2.08. The van der Waals surface area contributed by atoms with Gasteiger partial charge in [0.1, 0.15) is 5.82 Å². The van der Waals surface area contributed by atoms with E-state index in [1.54, 1.807) is 0 Å². The molecule has 2 aromatic heterocycles. The van der Waals surface area contributed by atoms with E-state index in [0.717, 1.165) is 33.5 Å². The van der Waals surface area contributed by atoms with Crippen LogP contribution in [-0.2, 0) is 0 Å². The van der Waals surface area contributed by atoms with Crippen molar-refractivity contribution in [2.45, 2.75) is 27.7 Å². The Morgan fingerprint density at radius 2 is 0.818 bits per heavy atom. The Morgan fingerprint density at radius 1 is 0.364 bits per heavy atom. The highest BCUT2D eigenvalue weighted by molar-refractivity contribution is 5.78. The molecule has 0 aliphatic carbocycles. The van der Waals surface area contributed by atoms with Crippen LogP contribution in [0.1, 0.15) is 25.4 Å². The van der Waals surface area contributed by atoms with E-state index in [1.165, 1.54) is 16.5 Å². The fourth-order valence-corrected chi connectivity index (χ4v) is 4.84. The van der Waals surface area contributed by atoms with Gasteiger partial charge in [-0.15, -0.1) is 0 Å². The van der Waals surface area contributed by atoms with Crippen molar-refractivity contribution in [1.82, 2.24) is 19.9 Å². The number of rotatable bonds is 4. The first-order valence-electron chi connectivity index (χ1n) is 15.0. The number of aromatic nitrogens is 4. The van der Waals surface area contributed by atoms with Gasteiger partial charge in [-0.3, -0.25) is 4.98 Å². The molecule has 0 saturated carbocycles. The molecule has 0 atom stereocenters. The molecule has 0 aliphatic heterocycles. The summed E-state index contributed by atoms with van der Waals surface area (Å²) in [5.41, 5.74) is 8.74. The van der Waals surface area contributed by atoms with Crippen LogP contribution in [0.5, 0.6) is 0 Å². The number of benzene rings is 5. The van der Waals surface area contributed by atoms with Crippen molar-refractivity contribution in [3.05, 3.63) is 157 Å². The molecule has 0 fully saturated rings. The van der Waals surface area contributed by atoms with Crippen LogP contribution in [-0.4, -0.2) is 19.9 Å². The zero-order valence-corrected chi connectivity index (χ0v) is 25.6. The summed E-state index contributed by atoms with van der Waals surface area (Å²) in [4.78, 5) is 18.4. The van der Waals surface area contributed by atoms with Crippen LogP contribution in [0.2, 0.25) is 0 Å². The normalized spacial score (nSPS) is 10.3. The zero-order valence-electron chi connectivity index (χ0n) is 25.6. The second-order valence-corrected chi connectivity index (χ2v) is 10.1. The van der Waals surface area contributed by atoms with Crippen molar-refractivity contribution in [1.29, 1.82) is 0 Å². The highest BCUT2D eigenvalue weighted by atomic mass is 15.0. The Morgan fingerprint density at radius 3 is 1.36 bits per heavy atom. The predicted octanol–water partition coefficient (Wildman–Crippen LogP) is 10.4. The van der Waals surface area contributed by atoms with E-state index in [9.17, 15) is 0 Å². The van der Waals surface area contributed by atoms with Gasteiger partial charge in [-0.2, -0.15) is 0 Å². The fourth-order valence-electron chi connectivity index (χ4n) is 4.84. The van der Waals surface area contributed by atoms with Gasteiger partial charge in [0.15, 0.2) is 11.6 Å². The molecule has 0 saturated heterocycles. The van der Waals surface area contributed by atoms with Crippen LogP contribution in [0, 0.1) is 13.8 Å². The smallest absolute Gasteiger partial charge is 0.163 e. The average molecular weight is 573 g/mol. The SMILES string of the molecule is CC.Cc1ccc2ccccc2n1.Cc1nc(-c2cccc(-c3ccccc3)c2)nc(-c2cccc(-c3ccccc3)c2)n1. The van der Waals surface area contributed by atoms with E-state index in [2.05, 4.69) is 75.6 Å². The lowest BCUT2D eigenvalue weighted by Crippen LogP contribution is -1.99. The average Bonchev–Trinajstić information content (AvgIpc) is 3.10. The van der Waals surface area contributed by atoms with E-state index < -0.39 is 0 Å². The lowest BCUT2D eigenvalue weighted by molar-refractivity contribution is 0.992. The van der Waals surface area contributed by atoms with E-state index in [-0.39, 0.29) is 0 Å². The second-order valence-electron chi connectivity index (χ2n) is 10.1. The van der Waals surface area contributed by atoms with Gasteiger partial charge in [0, 0.05) is 22.2 Å². The maximum absolute atomic E-state index is 4.82. The molecule has 4 heteroatoms. The lowest BCUT2D eigenvalue weighted by Gasteiger charge is -2.09. The van der Waals surface area contributed by atoms with Crippen molar-refractivity contribution in [3.63, 3.8) is 0 Å². The minimum atomic E-state index is 0.686. The molecule has 0 aliphatic rings. The summed E-state index contributed by atoms with van der Waals surface area (Å²) in [6, 6.07) is 49.6. The fraction of sp³-hybridized carbons (Fsp3) is 0.100. The first-order chi connectivity index (χ1) is 21.6. The summed E-state index contributed by atoms with van der Waals surface area (Å²) >= 11 is 0. The number of fused-ring (bicyclic) bond motifs is 1. The van der Waals surface area contributed by atoms with Gasteiger partial charge in [0.25, 0.3) is 0 Å². The van der Waals surface area contributed by atoms with Crippen molar-refractivity contribution in [3.8, 4) is 45.0 Å². The minimum absolute atomic E-state index is 0.686. The third kappa shape index (κ3) is 7.47. The van der Waals surface area contributed by atoms with Gasteiger partial charge in [-0.1, -0.05) is 135 Å². The maximum Gasteiger partial charge on any atom is 0.163 e. The molecule has 7 aromatic rings. The lowest BCUT2D eigenvalue weighted by atomic mass is 10.0. The Kier molecular flexibility index (Phi) is 9.96. The Bertz CT molecular complexity index is 1850. The summed E-state index contributed by atoms with van der Waals surface area (Å²) in [6.45, 7) is 7.92. The molecule has 0 spiro atoms. The summed E-state index contributed by atoms with van der Waals surface area (Å²) in [7, 11) is 0. The monoisotopic (exact) mass is 572 g/mol. The number of hydrogen-bond acceptors (Lipinski definition) is 4. The van der Waals surface area contributed by atoms with Gasteiger partial charge >= 0.3 is 0 Å². The third-order valence-electron chi connectivity index (χ3n) is 6.94. The molecule has 216 valence electrons. The Labute approximate surface area is 260 Å². The minimum Gasteiger partial charge on any atom is -0.253 e. The van der Waals surface area contributed by atoms with Crippen LogP contribution in [0.15, 0.2) is 146 Å². The van der Waals surface area contributed by atoms with Crippen LogP contribution < -0.4 is 0 Å². The Balaban J connectivity index is 0.000000246. The molecule has 0 unspecified atom stereocenters. The molecule has 5 aromatic carbocycles. The van der Waals surface area contributed by atoms with Gasteiger partial charge < -0.3 is 0 Å². The van der Waals surface area contributed by atoms with Gasteiger partial charge in [-0.25, -0.2) is 15.0 Å². The van der Waals surface area contributed by atoms with Gasteiger partial charge in [0.2, 0.25) is 0 Å². The molecule has 0 radical (unpaired) electrons. The van der Waals surface area contributed by atoms with E-state index in [1.807, 2.05) is 113 Å². The van der Waals surface area contributed by atoms with Crippen molar-refractivity contribution in [2.24, 2.45) is 0 Å². The van der Waals surface area contributed by atoms with Crippen LogP contribution in [0.3, 0.4) is 0 Å². The maximum atomic E-state index is 4.82. The molecule has 0 amide bonds. The molecule has 2 heterocycles. The molecular weight excluding hydrogens is 536 g/mol. The van der Waals surface area contributed by atoms with Crippen molar-refractivity contribution >= 4 is 10.9 Å². The number of para-hydroxylation sites is 1. The van der Waals surface area contributed by atoms with E-state index in [4.69, 9.17) is 4.98 Å². The third-order valence-corrected chi connectivity index (χ3v) is 6.94. The predicted molar refractivity (Wildman–Crippen MR) is 184 cm³/mol. The standard InChI is InChI=1S/C28H21N3.C10H9N.C2H6/c1-20-29-27(25-16-8-14-23(18-25)21-10-4-2-5-11-21)31-28(30-20)26-17-9-15-24(19-26)22-12-6-3-7-13-22;1-8-6-7-9-4-2-3-5-10(9)11-8;1-2/h2-19H,1H3;2-7H,1H3;1-2H3. The molecule has 4 nitrogen and oxygen atoms in total. The number of pyridine rings is 1. The number of hydrogen-bond donors (Lipinski definition) is 0.